The first-order chi connectivity index (χ1) is 13.6. The molecule has 8 heteroatoms. The van der Waals surface area contributed by atoms with Gasteiger partial charge in [-0.3, -0.25) is 0 Å². The first-order valence-electron chi connectivity index (χ1n) is 9.43. The number of ether oxygens (including phenoxy) is 3. The Balaban J connectivity index is 1.20. The van der Waals surface area contributed by atoms with Crippen molar-refractivity contribution >= 4 is 10.0 Å². The van der Waals surface area contributed by atoms with Crippen LogP contribution in [0.2, 0.25) is 0 Å². The summed E-state index contributed by atoms with van der Waals surface area (Å²) in [6.07, 6.45) is 0.875. The third-order valence-electron chi connectivity index (χ3n) is 4.94. The van der Waals surface area contributed by atoms with Crippen LogP contribution in [0, 0.1) is 0 Å². The Morgan fingerprint density at radius 3 is 2.46 bits per heavy atom. The molecule has 2 aliphatic heterocycles. The van der Waals surface area contributed by atoms with E-state index in [1.807, 2.05) is 24.3 Å². The van der Waals surface area contributed by atoms with E-state index in [1.54, 1.807) is 28.6 Å². The molecule has 7 nitrogen and oxygen atoms in total. The number of piperazine rings is 1. The maximum Gasteiger partial charge on any atom is 0.243 e. The topological polar surface area (TPSA) is 68.3 Å². The van der Waals surface area contributed by atoms with Gasteiger partial charge in [-0.1, -0.05) is 18.2 Å². The molecule has 0 spiro atoms. The first-order valence-corrected chi connectivity index (χ1v) is 10.9. The molecule has 2 aromatic rings. The molecule has 0 N–H and O–H groups in total. The molecule has 2 heterocycles. The summed E-state index contributed by atoms with van der Waals surface area (Å²) in [5.41, 5.74) is 0. The SMILES string of the molecule is O=S(=O)(c1ccccc1)N1CCN(CCCOc2ccc3c(c2)OCO3)CC1. The van der Waals surface area contributed by atoms with E-state index in [2.05, 4.69) is 4.90 Å². The highest BCUT2D eigenvalue weighted by molar-refractivity contribution is 7.89. The van der Waals surface area contributed by atoms with E-state index >= 15 is 0 Å². The van der Waals surface area contributed by atoms with Gasteiger partial charge in [-0.05, 0) is 30.7 Å². The fourth-order valence-corrected chi connectivity index (χ4v) is 4.82. The third-order valence-corrected chi connectivity index (χ3v) is 6.86. The van der Waals surface area contributed by atoms with Crippen LogP contribution in [0.4, 0.5) is 0 Å². The second-order valence-corrected chi connectivity index (χ2v) is 8.71. The molecule has 0 saturated carbocycles. The van der Waals surface area contributed by atoms with Crippen molar-refractivity contribution in [1.82, 2.24) is 9.21 Å². The highest BCUT2D eigenvalue weighted by atomic mass is 32.2. The zero-order chi connectivity index (χ0) is 19.4. The molecule has 0 aromatic heterocycles. The minimum atomic E-state index is -3.39. The zero-order valence-electron chi connectivity index (χ0n) is 15.6. The number of benzene rings is 2. The average molecular weight is 404 g/mol. The monoisotopic (exact) mass is 404 g/mol. The van der Waals surface area contributed by atoms with Crippen LogP contribution in [-0.2, 0) is 10.0 Å². The Morgan fingerprint density at radius 1 is 0.929 bits per heavy atom. The summed E-state index contributed by atoms with van der Waals surface area (Å²) in [4.78, 5) is 2.64. The molecule has 0 bridgehead atoms. The third kappa shape index (κ3) is 4.24. The normalized spacial score (nSPS) is 17.6. The fourth-order valence-electron chi connectivity index (χ4n) is 3.38. The van der Waals surface area contributed by atoms with Gasteiger partial charge in [0.05, 0.1) is 11.5 Å². The maximum atomic E-state index is 12.7. The highest BCUT2D eigenvalue weighted by Crippen LogP contribution is 2.35. The van der Waals surface area contributed by atoms with Crippen molar-refractivity contribution in [2.75, 3.05) is 46.1 Å². The molecular formula is C20H24N2O5S. The molecule has 4 rings (SSSR count). The molecule has 0 unspecified atom stereocenters. The predicted octanol–water partition coefficient (Wildman–Crippen LogP) is 2.19. The zero-order valence-corrected chi connectivity index (χ0v) is 16.4. The van der Waals surface area contributed by atoms with Crippen LogP contribution < -0.4 is 14.2 Å². The van der Waals surface area contributed by atoms with Crippen molar-refractivity contribution in [3.63, 3.8) is 0 Å². The molecule has 2 aromatic carbocycles. The van der Waals surface area contributed by atoms with E-state index in [1.165, 1.54) is 0 Å². The van der Waals surface area contributed by atoms with E-state index in [0.29, 0.717) is 30.3 Å². The minimum absolute atomic E-state index is 0.255. The summed E-state index contributed by atoms with van der Waals surface area (Å²) in [7, 11) is -3.39. The van der Waals surface area contributed by atoms with Crippen LogP contribution >= 0.6 is 0 Å². The molecule has 0 atom stereocenters. The Morgan fingerprint density at radius 2 is 1.68 bits per heavy atom. The molecule has 28 heavy (non-hydrogen) atoms. The summed E-state index contributed by atoms with van der Waals surface area (Å²) in [6, 6.07) is 14.2. The van der Waals surface area contributed by atoms with Gasteiger partial charge in [0.25, 0.3) is 0 Å². The van der Waals surface area contributed by atoms with Crippen molar-refractivity contribution in [3.05, 3.63) is 48.5 Å². The molecule has 1 saturated heterocycles. The van der Waals surface area contributed by atoms with Crippen LogP contribution in [0.1, 0.15) is 6.42 Å². The van der Waals surface area contributed by atoms with Crippen LogP contribution in [0.25, 0.3) is 0 Å². The fraction of sp³-hybridized carbons (Fsp3) is 0.400. The van der Waals surface area contributed by atoms with Gasteiger partial charge in [0.2, 0.25) is 16.8 Å². The molecule has 150 valence electrons. The molecule has 0 radical (unpaired) electrons. The van der Waals surface area contributed by atoms with E-state index < -0.39 is 10.0 Å². The minimum Gasteiger partial charge on any atom is -0.493 e. The number of hydrogen-bond acceptors (Lipinski definition) is 6. The second-order valence-electron chi connectivity index (χ2n) is 6.78. The summed E-state index contributed by atoms with van der Waals surface area (Å²) >= 11 is 0. The van der Waals surface area contributed by atoms with Gasteiger partial charge in [-0.2, -0.15) is 4.31 Å². The van der Waals surface area contributed by atoms with Gasteiger partial charge >= 0.3 is 0 Å². The lowest BCUT2D eigenvalue weighted by Gasteiger charge is -2.33. The van der Waals surface area contributed by atoms with E-state index in [9.17, 15) is 8.42 Å². The molecule has 0 aliphatic carbocycles. The van der Waals surface area contributed by atoms with Crippen LogP contribution in [0.5, 0.6) is 17.2 Å². The number of hydrogen-bond donors (Lipinski definition) is 0. The second kappa shape index (κ2) is 8.38. The highest BCUT2D eigenvalue weighted by Gasteiger charge is 2.28. The van der Waals surface area contributed by atoms with E-state index in [0.717, 1.165) is 37.6 Å². The van der Waals surface area contributed by atoms with Crippen molar-refractivity contribution in [3.8, 4) is 17.2 Å². The van der Waals surface area contributed by atoms with Gasteiger partial charge < -0.3 is 19.1 Å². The van der Waals surface area contributed by atoms with Gasteiger partial charge in [-0.15, -0.1) is 0 Å². The van der Waals surface area contributed by atoms with Crippen LogP contribution in [0.3, 0.4) is 0 Å². The van der Waals surface area contributed by atoms with Crippen molar-refractivity contribution in [2.45, 2.75) is 11.3 Å². The lowest BCUT2D eigenvalue weighted by molar-refractivity contribution is 0.172. The lowest BCUT2D eigenvalue weighted by atomic mass is 10.3. The molecule has 2 aliphatic rings. The lowest BCUT2D eigenvalue weighted by Crippen LogP contribution is -2.48. The first kappa shape index (κ1) is 19.0. The van der Waals surface area contributed by atoms with Gasteiger partial charge in [0, 0.05) is 38.8 Å². The Labute approximate surface area is 165 Å². The van der Waals surface area contributed by atoms with Gasteiger partial charge in [0.1, 0.15) is 5.75 Å². The number of nitrogens with zero attached hydrogens (tertiary/aromatic N) is 2. The molecular weight excluding hydrogens is 380 g/mol. The van der Waals surface area contributed by atoms with Crippen molar-refractivity contribution in [1.29, 1.82) is 0 Å². The quantitative estimate of drug-likeness (QED) is 0.659. The summed E-state index contributed by atoms with van der Waals surface area (Å²) < 4.78 is 43.3. The van der Waals surface area contributed by atoms with Gasteiger partial charge in [-0.25, -0.2) is 8.42 Å². The number of fused-ring (bicyclic) bond motifs is 1. The summed E-state index contributed by atoms with van der Waals surface area (Å²) in [6.45, 7) is 4.23. The van der Waals surface area contributed by atoms with E-state index in [4.69, 9.17) is 14.2 Å². The molecule has 1 fully saturated rings. The largest absolute Gasteiger partial charge is 0.493 e. The predicted molar refractivity (Wildman–Crippen MR) is 104 cm³/mol. The molecule has 0 amide bonds. The van der Waals surface area contributed by atoms with Crippen LogP contribution in [0.15, 0.2) is 53.4 Å². The Bertz CT molecular complexity index is 896. The average Bonchev–Trinajstić information content (AvgIpc) is 3.20. The summed E-state index contributed by atoms with van der Waals surface area (Å²) in [5, 5.41) is 0. The Kier molecular flexibility index (Phi) is 5.70. The van der Waals surface area contributed by atoms with Crippen LogP contribution in [-0.4, -0.2) is 63.7 Å². The standard InChI is InChI=1S/C20H24N2O5S/c23-28(24,18-5-2-1-3-6-18)22-12-10-21(11-13-22)9-4-14-25-17-7-8-19-20(15-17)27-16-26-19/h1-3,5-8,15H,4,9-14,16H2. The number of rotatable bonds is 7. The Hall–Kier alpha value is -2.29. The number of sulfonamides is 1. The smallest absolute Gasteiger partial charge is 0.243 e. The van der Waals surface area contributed by atoms with E-state index in [-0.39, 0.29) is 6.79 Å². The van der Waals surface area contributed by atoms with Gasteiger partial charge in [0.15, 0.2) is 11.5 Å². The van der Waals surface area contributed by atoms with Crippen molar-refractivity contribution in [2.24, 2.45) is 0 Å². The maximum absolute atomic E-state index is 12.7. The van der Waals surface area contributed by atoms with Crippen molar-refractivity contribution < 1.29 is 22.6 Å². The summed E-state index contributed by atoms with van der Waals surface area (Å²) in [5.74, 6) is 2.23.